The van der Waals surface area contributed by atoms with Gasteiger partial charge in [0.2, 0.25) is 0 Å². The molecule has 0 radical (unpaired) electrons. The van der Waals surface area contributed by atoms with Crippen molar-refractivity contribution in [3.05, 3.63) is 41.6 Å². The van der Waals surface area contributed by atoms with Crippen molar-refractivity contribution in [3.63, 3.8) is 0 Å². The van der Waals surface area contributed by atoms with Gasteiger partial charge in [-0.3, -0.25) is 4.90 Å². The molecule has 0 aromatic carbocycles. The molecule has 1 saturated heterocycles. The molecule has 0 atom stereocenters. The molecule has 2 aliphatic rings. The summed E-state index contributed by atoms with van der Waals surface area (Å²) in [6.07, 6.45) is 7.27. The lowest BCUT2D eigenvalue weighted by atomic mass is 10.1. The van der Waals surface area contributed by atoms with Gasteiger partial charge in [0.15, 0.2) is 0 Å². The summed E-state index contributed by atoms with van der Waals surface area (Å²) >= 11 is 0. The molecular weight excluding hydrogens is 324 g/mol. The van der Waals surface area contributed by atoms with Gasteiger partial charge in [0.1, 0.15) is 11.6 Å². The van der Waals surface area contributed by atoms with E-state index in [1.54, 1.807) is 0 Å². The summed E-state index contributed by atoms with van der Waals surface area (Å²) in [6, 6.07) is 4.19. The zero-order valence-corrected chi connectivity index (χ0v) is 15.8. The Morgan fingerprint density at radius 2 is 1.73 bits per heavy atom. The summed E-state index contributed by atoms with van der Waals surface area (Å²) in [5.74, 6) is 2.20. The van der Waals surface area contributed by atoms with Crippen molar-refractivity contribution in [2.45, 2.75) is 32.7 Å². The Bertz CT molecular complexity index is 703. The van der Waals surface area contributed by atoms with Crippen LogP contribution in [0.5, 0.6) is 0 Å². The van der Waals surface area contributed by atoms with Crippen LogP contribution in [0.4, 0.5) is 5.82 Å². The van der Waals surface area contributed by atoms with Gasteiger partial charge < -0.3 is 14.8 Å². The maximum absolute atomic E-state index is 4.95. The van der Waals surface area contributed by atoms with Crippen molar-refractivity contribution in [2.75, 3.05) is 50.7 Å². The fourth-order valence-corrected chi connectivity index (χ4v) is 3.95. The van der Waals surface area contributed by atoms with E-state index in [2.05, 4.69) is 51.1 Å². The van der Waals surface area contributed by atoms with Crippen molar-refractivity contribution < 1.29 is 0 Å². The van der Waals surface area contributed by atoms with E-state index >= 15 is 0 Å². The normalized spacial score (nSPS) is 18.6. The van der Waals surface area contributed by atoms with Gasteiger partial charge in [0.05, 0.1) is 5.69 Å². The van der Waals surface area contributed by atoms with Gasteiger partial charge in [-0.1, -0.05) is 6.92 Å². The highest BCUT2D eigenvalue weighted by atomic mass is 15.3. The summed E-state index contributed by atoms with van der Waals surface area (Å²) < 4.78 is 2.26. The first kappa shape index (κ1) is 17.5. The van der Waals surface area contributed by atoms with Gasteiger partial charge in [-0.2, -0.15) is 0 Å². The monoisotopic (exact) mass is 354 g/mol. The van der Waals surface area contributed by atoms with Crippen LogP contribution < -0.4 is 10.2 Å². The van der Waals surface area contributed by atoms with Crippen LogP contribution in [0.3, 0.4) is 0 Å². The van der Waals surface area contributed by atoms with E-state index in [-0.39, 0.29) is 0 Å². The third-order valence-corrected chi connectivity index (χ3v) is 5.54. The first-order valence-corrected chi connectivity index (χ1v) is 10.0. The van der Waals surface area contributed by atoms with Crippen LogP contribution in [0.2, 0.25) is 0 Å². The zero-order valence-electron chi connectivity index (χ0n) is 15.8. The molecule has 1 N–H and O–H groups in total. The van der Waals surface area contributed by atoms with Gasteiger partial charge >= 0.3 is 0 Å². The minimum atomic E-state index is 0.907. The highest BCUT2D eigenvalue weighted by Crippen LogP contribution is 2.24. The van der Waals surface area contributed by atoms with Gasteiger partial charge in [-0.25, -0.2) is 9.97 Å². The number of aryl methyl sites for hydroxylation is 1. The largest absolute Gasteiger partial charge is 0.354 e. The smallest absolute Gasteiger partial charge is 0.135 e. The molecule has 6 heteroatoms. The van der Waals surface area contributed by atoms with E-state index in [4.69, 9.17) is 9.97 Å². The molecule has 6 nitrogen and oxygen atoms in total. The number of aromatic nitrogens is 3. The molecule has 1 fully saturated rings. The fraction of sp³-hybridized carbons (Fsp3) is 0.600. The summed E-state index contributed by atoms with van der Waals surface area (Å²) in [5, 5.41) is 3.50. The van der Waals surface area contributed by atoms with Crippen LogP contribution in [0.15, 0.2) is 24.5 Å². The minimum absolute atomic E-state index is 0.907. The molecule has 4 rings (SSSR count). The second kappa shape index (κ2) is 8.18. The second-order valence-corrected chi connectivity index (χ2v) is 7.24. The Labute approximate surface area is 156 Å². The molecule has 0 amide bonds. The van der Waals surface area contributed by atoms with E-state index in [9.17, 15) is 0 Å². The molecule has 140 valence electrons. The third-order valence-electron chi connectivity index (χ3n) is 5.54. The maximum Gasteiger partial charge on any atom is 0.135 e. The molecule has 4 heterocycles. The number of hydrogen-bond donors (Lipinski definition) is 1. The quantitative estimate of drug-likeness (QED) is 0.878. The number of piperazine rings is 1. The van der Waals surface area contributed by atoms with Gasteiger partial charge in [-0.15, -0.1) is 0 Å². The van der Waals surface area contributed by atoms with Crippen molar-refractivity contribution in [3.8, 4) is 0 Å². The van der Waals surface area contributed by atoms with E-state index in [0.717, 1.165) is 77.4 Å². The summed E-state index contributed by atoms with van der Waals surface area (Å²) in [7, 11) is 0. The molecule has 0 spiro atoms. The standard InChI is InChI=1S/C20H30N6/c1-2-19-22-18-6-8-21-7-5-17(18)20(23-19)26-15-13-25(14-16-26)12-11-24-9-3-4-10-24/h3-4,9-10,21H,2,5-8,11-16H2,1H3. The highest BCUT2D eigenvalue weighted by Gasteiger charge is 2.23. The predicted octanol–water partition coefficient (Wildman–Crippen LogP) is 1.35. The number of nitrogens with zero attached hydrogens (tertiary/aromatic N) is 5. The van der Waals surface area contributed by atoms with Crippen LogP contribution in [-0.4, -0.2) is 65.2 Å². The lowest BCUT2D eigenvalue weighted by Crippen LogP contribution is -2.48. The second-order valence-electron chi connectivity index (χ2n) is 7.24. The molecule has 2 aliphatic heterocycles. The number of hydrogen-bond acceptors (Lipinski definition) is 5. The van der Waals surface area contributed by atoms with E-state index < -0.39 is 0 Å². The fourth-order valence-electron chi connectivity index (χ4n) is 3.95. The Hall–Kier alpha value is -1.92. The number of anilines is 1. The van der Waals surface area contributed by atoms with E-state index in [1.165, 1.54) is 17.1 Å². The first-order valence-electron chi connectivity index (χ1n) is 10.0. The molecular formula is C20H30N6. The average Bonchev–Trinajstić information content (AvgIpc) is 3.09. The maximum atomic E-state index is 4.95. The van der Waals surface area contributed by atoms with E-state index in [1.807, 2.05) is 0 Å². The topological polar surface area (TPSA) is 49.2 Å². The van der Waals surface area contributed by atoms with Crippen molar-refractivity contribution in [1.29, 1.82) is 0 Å². The Morgan fingerprint density at radius 1 is 0.962 bits per heavy atom. The van der Waals surface area contributed by atoms with Crippen LogP contribution in [0.25, 0.3) is 0 Å². The van der Waals surface area contributed by atoms with Gasteiger partial charge in [0.25, 0.3) is 0 Å². The predicted molar refractivity (Wildman–Crippen MR) is 105 cm³/mol. The van der Waals surface area contributed by atoms with Crippen LogP contribution in [0.1, 0.15) is 24.0 Å². The van der Waals surface area contributed by atoms with Crippen LogP contribution >= 0.6 is 0 Å². The molecule has 26 heavy (non-hydrogen) atoms. The van der Waals surface area contributed by atoms with Crippen LogP contribution in [-0.2, 0) is 25.8 Å². The molecule has 0 saturated carbocycles. The average molecular weight is 355 g/mol. The van der Waals surface area contributed by atoms with Crippen molar-refractivity contribution in [2.24, 2.45) is 0 Å². The van der Waals surface area contributed by atoms with Gasteiger partial charge in [0, 0.05) is 76.6 Å². The zero-order chi connectivity index (χ0) is 17.8. The first-order chi connectivity index (χ1) is 12.8. The molecule has 2 aromatic rings. The third kappa shape index (κ3) is 3.91. The van der Waals surface area contributed by atoms with Crippen molar-refractivity contribution >= 4 is 5.82 Å². The minimum Gasteiger partial charge on any atom is -0.354 e. The van der Waals surface area contributed by atoms with Crippen LogP contribution in [0, 0.1) is 0 Å². The molecule has 0 aliphatic carbocycles. The highest BCUT2D eigenvalue weighted by molar-refractivity contribution is 5.50. The molecule has 0 unspecified atom stereocenters. The SMILES string of the molecule is CCc1nc2c(c(N3CCN(CCn4cccc4)CC3)n1)CCNCC2. The number of nitrogens with one attached hydrogen (secondary N) is 1. The van der Waals surface area contributed by atoms with Crippen molar-refractivity contribution in [1.82, 2.24) is 24.8 Å². The Kier molecular flexibility index (Phi) is 5.51. The number of rotatable bonds is 5. The van der Waals surface area contributed by atoms with E-state index in [0.29, 0.717) is 0 Å². The Morgan fingerprint density at radius 3 is 2.50 bits per heavy atom. The van der Waals surface area contributed by atoms with Gasteiger partial charge in [-0.05, 0) is 25.1 Å². The Balaban J connectivity index is 1.43. The molecule has 0 bridgehead atoms. The summed E-state index contributed by atoms with van der Waals surface area (Å²) in [6.45, 7) is 10.7. The summed E-state index contributed by atoms with van der Waals surface area (Å²) in [4.78, 5) is 14.8. The lowest BCUT2D eigenvalue weighted by Gasteiger charge is -2.36. The molecule has 2 aromatic heterocycles. The number of fused-ring (bicyclic) bond motifs is 1. The lowest BCUT2D eigenvalue weighted by molar-refractivity contribution is 0.247. The summed E-state index contributed by atoms with van der Waals surface area (Å²) in [5.41, 5.74) is 2.65.